The molecule has 1 unspecified atom stereocenters. The van der Waals surface area contributed by atoms with Crippen molar-refractivity contribution in [3.05, 3.63) is 84.4 Å². The number of rotatable bonds is 9. The van der Waals surface area contributed by atoms with Gasteiger partial charge in [0, 0.05) is 18.8 Å². The highest BCUT2D eigenvalue weighted by atomic mass is 16.4. The largest absolute Gasteiger partial charge is 0.477 e. The molecule has 3 aromatic carbocycles. The Morgan fingerprint density at radius 2 is 1.49 bits per heavy atom. The first-order valence-electron chi connectivity index (χ1n) is 11.6. The second kappa shape index (κ2) is 10.7. The fourth-order valence-corrected chi connectivity index (χ4v) is 3.99. The Labute approximate surface area is 204 Å². The van der Waals surface area contributed by atoms with Crippen LogP contribution in [0.3, 0.4) is 0 Å². The number of para-hydroxylation sites is 1. The number of amides is 1. The number of nitrogens with zero attached hydrogens (tertiary/aromatic N) is 5. The van der Waals surface area contributed by atoms with E-state index in [2.05, 4.69) is 34.1 Å². The second-order valence-corrected chi connectivity index (χ2v) is 8.09. The maximum atomic E-state index is 13.0. The minimum Gasteiger partial charge on any atom is -0.477 e. The first-order chi connectivity index (χ1) is 17.0. The van der Waals surface area contributed by atoms with Gasteiger partial charge in [0.05, 0.1) is 23.0 Å². The topological polar surface area (TPSA) is 97.9 Å². The van der Waals surface area contributed by atoms with E-state index < -0.39 is 11.9 Å². The van der Waals surface area contributed by atoms with Gasteiger partial charge >= 0.3 is 5.97 Å². The Bertz CT molecular complexity index is 1230. The number of hydrazone groups is 1. The Balaban J connectivity index is 1.44. The summed E-state index contributed by atoms with van der Waals surface area (Å²) in [7, 11) is 0. The minimum absolute atomic E-state index is 0.157. The molecule has 1 heterocycles. The summed E-state index contributed by atoms with van der Waals surface area (Å²) in [6.07, 6.45) is 0.234. The maximum absolute atomic E-state index is 13.0. The van der Waals surface area contributed by atoms with E-state index in [9.17, 15) is 14.7 Å². The lowest BCUT2D eigenvalue weighted by molar-refractivity contribution is -0.130. The lowest BCUT2D eigenvalue weighted by Crippen LogP contribution is -2.31. The molecular formula is C27H27N5O3. The summed E-state index contributed by atoms with van der Waals surface area (Å²) >= 11 is 0. The predicted octanol–water partition coefficient (Wildman–Crippen LogP) is 5.59. The molecule has 0 spiro atoms. The van der Waals surface area contributed by atoms with Crippen LogP contribution < -0.4 is 9.91 Å². The molecule has 0 bridgehead atoms. The van der Waals surface area contributed by atoms with E-state index in [0.717, 1.165) is 30.0 Å². The molecule has 4 rings (SSSR count). The van der Waals surface area contributed by atoms with Gasteiger partial charge in [0.25, 0.3) is 5.91 Å². The molecule has 1 atom stereocenters. The number of carbonyl (C=O) groups is 2. The summed E-state index contributed by atoms with van der Waals surface area (Å²) in [5.41, 5.74) is 3.77. The highest BCUT2D eigenvalue weighted by Gasteiger charge is 2.40. The Kier molecular flexibility index (Phi) is 7.30. The van der Waals surface area contributed by atoms with Crippen LogP contribution in [-0.4, -0.2) is 35.8 Å². The molecule has 1 N–H and O–H groups in total. The van der Waals surface area contributed by atoms with Gasteiger partial charge in [0.15, 0.2) is 5.71 Å². The van der Waals surface area contributed by atoms with Crippen molar-refractivity contribution in [1.29, 1.82) is 0 Å². The summed E-state index contributed by atoms with van der Waals surface area (Å²) in [4.78, 5) is 27.0. The molecule has 1 aliphatic heterocycles. The van der Waals surface area contributed by atoms with Crippen LogP contribution in [0.1, 0.15) is 19.4 Å². The molecule has 3 aromatic rings. The predicted molar refractivity (Wildman–Crippen MR) is 137 cm³/mol. The van der Waals surface area contributed by atoms with E-state index in [1.807, 2.05) is 42.5 Å². The number of hydrogen-bond acceptors (Lipinski definition) is 6. The number of benzene rings is 3. The van der Waals surface area contributed by atoms with Crippen molar-refractivity contribution in [1.82, 2.24) is 0 Å². The molecule has 178 valence electrons. The van der Waals surface area contributed by atoms with Gasteiger partial charge in [-0.2, -0.15) is 20.3 Å². The summed E-state index contributed by atoms with van der Waals surface area (Å²) in [5, 5.41) is 23.5. The summed E-state index contributed by atoms with van der Waals surface area (Å²) in [5.74, 6) is -2.41. The van der Waals surface area contributed by atoms with Crippen molar-refractivity contribution in [3.8, 4) is 0 Å². The highest BCUT2D eigenvalue weighted by molar-refractivity contribution is 6.43. The van der Waals surface area contributed by atoms with E-state index in [1.165, 1.54) is 5.01 Å². The molecular weight excluding hydrogens is 442 g/mol. The quantitative estimate of drug-likeness (QED) is 0.413. The van der Waals surface area contributed by atoms with Gasteiger partial charge in [-0.15, -0.1) is 0 Å². The number of anilines is 2. The molecule has 8 nitrogen and oxygen atoms in total. The number of azo groups is 1. The minimum atomic E-state index is -1.20. The van der Waals surface area contributed by atoms with E-state index >= 15 is 0 Å². The van der Waals surface area contributed by atoms with Gasteiger partial charge in [0.2, 0.25) is 0 Å². The van der Waals surface area contributed by atoms with Crippen LogP contribution in [0.25, 0.3) is 0 Å². The van der Waals surface area contributed by atoms with Gasteiger partial charge in [-0.05, 0) is 74.4 Å². The van der Waals surface area contributed by atoms with E-state index in [4.69, 9.17) is 0 Å². The summed E-state index contributed by atoms with van der Waals surface area (Å²) in [6, 6.07) is 24.0. The molecule has 1 aliphatic rings. The fourth-order valence-electron chi connectivity index (χ4n) is 3.99. The number of hydrogen-bond donors (Lipinski definition) is 1. The van der Waals surface area contributed by atoms with Gasteiger partial charge in [-0.1, -0.05) is 30.3 Å². The lowest BCUT2D eigenvalue weighted by atomic mass is 9.94. The van der Waals surface area contributed by atoms with Crippen LogP contribution >= 0.6 is 0 Å². The molecule has 1 amide bonds. The third-order valence-electron chi connectivity index (χ3n) is 5.90. The molecule has 0 saturated carbocycles. The Hall–Kier alpha value is -4.33. The van der Waals surface area contributed by atoms with Crippen molar-refractivity contribution >= 4 is 40.3 Å². The first kappa shape index (κ1) is 23.8. The van der Waals surface area contributed by atoms with Gasteiger partial charge in [-0.25, -0.2) is 4.79 Å². The molecule has 35 heavy (non-hydrogen) atoms. The third kappa shape index (κ3) is 5.43. The monoisotopic (exact) mass is 469 g/mol. The van der Waals surface area contributed by atoms with E-state index in [1.54, 1.807) is 36.4 Å². The normalized spacial score (nSPS) is 15.5. The van der Waals surface area contributed by atoms with Crippen molar-refractivity contribution in [2.24, 2.45) is 21.2 Å². The standard InChI is InChI=1S/C27H27N5O3/c1-3-31(4-2)22-16-14-21(15-17-22)29-28-20-12-10-19(11-13-20)18-24-25(27(34)35)30-32(26(24)33)23-8-6-5-7-9-23/h5-17,24H,3-4,18H2,1-2H3,(H,34,35). The number of aliphatic carboxylic acids is 1. The SMILES string of the molecule is CCN(CC)c1ccc(N=Nc2ccc(CC3C(=O)N(c4ccccc4)N=C3C(=O)O)cc2)cc1. The highest BCUT2D eigenvalue weighted by Crippen LogP contribution is 2.27. The van der Waals surface area contributed by atoms with E-state index in [0.29, 0.717) is 11.4 Å². The van der Waals surface area contributed by atoms with Crippen molar-refractivity contribution in [2.45, 2.75) is 20.3 Å². The van der Waals surface area contributed by atoms with Crippen molar-refractivity contribution in [2.75, 3.05) is 23.0 Å². The van der Waals surface area contributed by atoms with Crippen LogP contribution in [0.5, 0.6) is 0 Å². The average Bonchev–Trinajstić information content (AvgIpc) is 3.22. The maximum Gasteiger partial charge on any atom is 0.352 e. The van der Waals surface area contributed by atoms with Gasteiger partial charge in [-0.3, -0.25) is 4.79 Å². The van der Waals surface area contributed by atoms with Gasteiger partial charge < -0.3 is 10.0 Å². The van der Waals surface area contributed by atoms with Crippen molar-refractivity contribution in [3.63, 3.8) is 0 Å². The zero-order valence-electron chi connectivity index (χ0n) is 19.7. The zero-order valence-corrected chi connectivity index (χ0v) is 19.7. The number of carboxylic acid groups (broad SMARTS) is 1. The van der Waals surface area contributed by atoms with Gasteiger partial charge in [0.1, 0.15) is 0 Å². The van der Waals surface area contributed by atoms with E-state index in [-0.39, 0.29) is 18.0 Å². The second-order valence-electron chi connectivity index (χ2n) is 8.09. The molecule has 0 radical (unpaired) electrons. The molecule has 0 aromatic heterocycles. The van der Waals surface area contributed by atoms with Crippen LogP contribution in [0, 0.1) is 5.92 Å². The Morgan fingerprint density at radius 1 is 0.914 bits per heavy atom. The molecule has 0 fully saturated rings. The molecule has 8 heteroatoms. The molecule has 0 saturated heterocycles. The smallest absolute Gasteiger partial charge is 0.352 e. The lowest BCUT2D eigenvalue weighted by Gasteiger charge is -2.20. The van der Waals surface area contributed by atoms with Crippen molar-refractivity contribution < 1.29 is 14.7 Å². The summed E-state index contributed by atoms with van der Waals surface area (Å²) in [6.45, 7) is 6.14. The van der Waals surface area contributed by atoms with Crippen LogP contribution in [-0.2, 0) is 16.0 Å². The third-order valence-corrected chi connectivity index (χ3v) is 5.90. The Morgan fingerprint density at radius 3 is 2.03 bits per heavy atom. The first-order valence-corrected chi connectivity index (χ1v) is 11.6. The molecule has 0 aliphatic carbocycles. The van der Waals surface area contributed by atoms with Crippen LogP contribution in [0.15, 0.2) is 94.2 Å². The van der Waals surface area contributed by atoms with Crippen LogP contribution in [0.2, 0.25) is 0 Å². The summed E-state index contributed by atoms with van der Waals surface area (Å²) < 4.78 is 0. The number of carboxylic acids is 1. The fraction of sp³-hybridized carbons (Fsp3) is 0.222. The van der Waals surface area contributed by atoms with Crippen LogP contribution in [0.4, 0.5) is 22.7 Å². The zero-order chi connectivity index (χ0) is 24.8. The number of carbonyl (C=O) groups excluding carboxylic acids is 1. The average molecular weight is 470 g/mol.